The SMILES string of the molecule is C[NH2+]c1ncnc2c1ncn2CC(C)(C)C.[Cl-]. The monoisotopic (exact) mass is 255 g/mol. The van der Waals surface area contributed by atoms with Gasteiger partial charge in [0, 0.05) is 6.54 Å². The highest BCUT2D eigenvalue weighted by atomic mass is 35.5. The van der Waals surface area contributed by atoms with Crippen molar-refractivity contribution in [2.45, 2.75) is 27.3 Å². The highest BCUT2D eigenvalue weighted by Gasteiger charge is 2.16. The normalized spacial score (nSPS) is 11.5. The zero-order valence-electron chi connectivity index (χ0n) is 10.6. The number of rotatable bonds is 2. The van der Waals surface area contributed by atoms with E-state index in [4.69, 9.17) is 0 Å². The number of hydrogen-bond acceptors (Lipinski definition) is 3. The highest BCUT2D eigenvalue weighted by Crippen LogP contribution is 2.20. The van der Waals surface area contributed by atoms with Gasteiger partial charge >= 0.3 is 0 Å². The molecule has 6 heteroatoms. The Hall–Kier alpha value is -1.20. The second-order valence-corrected chi connectivity index (χ2v) is 5.15. The van der Waals surface area contributed by atoms with Crippen molar-refractivity contribution in [1.29, 1.82) is 0 Å². The van der Waals surface area contributed by atoms with E-state index in [2.05, 4.69) is 40.3 Å². The minimum atomic E-state index is 0. The van der Waals surface area contributed by atoms with Crippen LogP contribution in [0.5, 0.6) is 0 Å². The van der Waals surface area contributed by atoms with Crippen molar-refractivity contribution in [1.82, 2.24) is 19.5 Å². The Morgan fingerprint density at radius 2 is 1.94 bits per heavy atom. The molecule has 5 nitrogen and oxygen atoms in total. The van der Waals surface area contributed by atoms with Gasteiger partial charge in [0.2, 0.25) is 0 Å². The minimum Gasteiger partial charge on any atom is -1.00 e. The Bertz CT molecular complexity index is 500. The van der Waals surface area contributed by atoms with Gasteiger partial charge < -0.3 is 17.0 Å². The van der Waals surface area contributed by atoms with Crippen molar-refractivity contribution in [3.8, 4) is 0 Å². The van der Waals surface area contributed by atoms with Crippen molar-refractivity contribution in [3.05, 3.63) is 12.7 Å². The average molecular weight is 256 g/mol. The molecule has 2 aromatic rings. The molecule has 2 aromatic heterocycles. The first-order valence-corrected chi connectivity index (χ1v) is 5.46. The van der Waals surface area contributed by atoms with E-state index >= 15 is 0 Å². The highest BCUT2D eigenvalue weighted by molar-refractivity contribution is 5.78. The molecular formula is C11H18ClN5. The molecule has 0 aliphatic heterocycles. The van der Waals surface area contributed by atoms with Gasteiger partial charge in [0.25, 0.3) is 5.82 Å². The fourth-order valence-corrected chi connectivity index (χ4v) is 1.74. The van der Waals surface area contributed by atoms with Gasteiger partial charge in [0.05, 0.1) is 13.4 Å². The first-order valence-electron chi connectivity index (χ1n) is 5.46. The molecule has 0 aliphatic rings. The van der Waals surface area contributed by atoms with Crippen molar-refractivity contribution in [3.63, 3.8) is 0 Å². The van der Waals surface area contributed by atoms with Crippen molar-refractivity contribution >= 4 is 17.0 Å². The summed E-state index contributed by atoms with van der Waals surface area (Å²) in [7, 11) is 1.96. The van der Waals surface area contributed by atoms with Crippen LogP contribution in [0.15, 0.2) is 12.7 Å². The first kappa shape index (κ1) is 13.9. The van der Waals surface area contributed by atoms with Crippen LogP contribution in [0.2, 0.25) is 0 Å². The Morgan fingerprint density at radius 1 is 1.24 bits per heavy atom. The molecule has 0 aromatic carbocycles. The molecule has 0 aliphatic carbocycles. The third-order valence-corrected chi connectivity index (χ3v) is 2.35. The average Bonchev–Trinajstić information content (AvgIpc) is 2.59. The molecule has 0 saturated carbocycles. The maximum absolute atomic E-state index is 4.38. The lowest BCUT2D eigenvalue weighted by molar-refractivity contribution is -0.541. The van der Waals surface area contributed by atoms with E-state index in [1.807, 2.05) is 18.7 Å². The summed E-state index contributed by atoms with van der Waals surface area (Å²) < 4.78 is 2.09. The standard InChI is InChI=1S/C11H17N5.ClH/c1-11(2,3)5-16-7-15-8-9(12-4)13-6-14-10(8)16;/h6-7H,5H2,1-4H3,(H,12,13,14);1H. The third kappa shape index (κ3) is 2.92. The van der Waals surface area contributed by atoms with E-state index in [-0.39, 0.29) is 17.8 Å². The molecule has 0 fully saturated rings. The molecule has 2 N–H and O–H groups in total. The van der Waals surface area contributed by atoms with Gasteiger partial charge in [-0.1, -0.05) is 20.8 Å². The van der Waals surface area contributed by atoms with E-state index in [1.165, 1.54) is 0 Å². The molecule has 0 atom stereocenters. The summed E-state index contributed by atoms with van der Waals surface area (Å²) in [5.41, 5.74) is 2.02. The Balaban J connectivity index is 0.00000144. The molecule has 2 heterocycles. The number of imidazole rings is 1. The third-order valence-electron chi connectivity index (χ3n) is 2.35. The lowest BCUT2D eigenvalue weighted by atomic mass is 9.97. The molecule has 0 unspecified atom stereocenters. The molecule has 0 saturated heterocycles. The maximum Gasteiger partial charge on any atom is 0.255 e. The number of halogens is 1. The van der Waals surface area contributed by atoms with Crippen LogP contribution in [-0.2, 0) is 6.54 Å². The summed E-state index contributed by atoms with van der Waals surface area (Å²) in [6.07, 6.45) is 3.44. The van der Waals surface area contributed by atoms with Crippen LogP contribution in [0.3, 0.4) is 0 Å². The summed E-state index contributed by atoms with van der Waals surface area (Å²) >= 11 is 0. The smallest absolute Gasteiger partial charge is 0.255 e. The number of aromatic nitrogens is 4. The van der Waals surface area contributed by atoms with E-state index in [1.54, 1.807) is 6.33 Å². The second kappa shape index (κ2) is 4.98. The summed E-state index contributed by atoms with van der Waals surface area (Å²) in [5, 5.41) is 1.96. The Labute approximate surface area is 107 Å². The summed E-state index contributed by atoms with van der Waals surface area (Å²) in [4.78, 5) is 12.9. The number of fused-ring (bicyclic) bond motifs is 1. The van der Waals surface area contributed by atoms with Crippen molar-refractivity contribution in [2.75, 3.05) is 7.05 Å². The molecule has 2 rings (SSSR count). The minimum absolute atomic E-state index is 0. The van der Waals surface area contributed by atoms with Gasteiger partial charge in [-0.15, -0.1) is 0 Å². The second-order valence-electron chi connectivity index (χ2n) is 5.15. The van der Waals surface area contributed by atoms with Gasteiger partial charge in [-0.05, 0) is 5.41 Å². The van der Waals surface area contributed by atoms with Gasteiger partial charge in [0.15, 0.2) is 11.2 Å². The number of nitrogens with zero attached hydrogens (tertiary/aromatic N) is 4. The summed E-state index contributed by atoms with van der Waals surface area (Å²) in [6.45, 7) is 7.51. The summed E-state index contributed by atoms with van der Waals surface area (Å²) in [5.74, 6) is 0.901. The predicted octanol–water partition coefficient (Wildman–Crippen LogP) is -2.30. The molecule has 0 radical (unpaired) electrons. The first-order chi connectivity index (χ1) is 7.51. The van der Waals surface area contributed by atoms with E-state index in [9.17, 15) is 0 Å². The number of nitrogens with two attached hydrogens (primary N) is 1. The van der Waals surface area contributed by atoms with Crippen LogP contribution < -0.4 is 17.7 Å². The molecular weight excluding hydrogens is 238 g/mol. The number of hydrogen-bond donors (Lipinski definition) is 1. The van der Waals surface area contributed by atoms with E-state index in [0.717, 1.165) is 23.5 Å². The lowest BCUT2D eigenvalue weighted by Gasteiger charge is -2.18. The van der Waals surface area contributed by atoms with Crippen LogP contribution in [0.4, 0.5) is 5.82 Å². The van der Waals surface area contributed by atoms with E-state index < -0.39 is 0 Å². The molecule has 0 amide bonds. The fraction of sp³-hybridized carbons (Fsp3) is 0.545. The number of quaternary nitrogens is 1. The lowest BCUT2D eigenvalue weighted by Crippen LogP contribution is -3.00. The Morgan fingerprint density at radius 3 is 2.53 bits per heavy atom. The van der Waals surface area contributed by atoms with Crippen LogP contribution >= 0.6 is 0 Å². The van der Waals surface area contributed by atoms with Crippen LogP contribution in [0, 0.1) is 5.41 Å². The van der Waals surface area contributed by atoms with Crippen LogP contribution in [0.1, 0.15) is 20.8 Å². The summed E-state index contributed by atoms with van der Waals surface area (Å²) in [6, 6.07) is 0. The molecule has 0 bridgehead atoms. The van der Waals surface area contributed by atoms with Crippen LogP contribution in [-0.4, -0.2) is 26.6 Å². The van der Waals surface area contributed by atoms with Gasteiger partial charge in [0.1, 0.15) is 6.33 Å². The van der Waals surface area contributed by atoms with E-state index in [0.29, 0.717) is 0 Å². The predicted molar refractivity (Wildman–Crippen MR) is 62.3 cm³/mol. The molecule has 0 spiro atoms. The van der Waals surface area contributed by atoms with Crippen LogP contribution in [0.25, 0.3) is 11.2 Å². The zero-order chi connectivity index (χ0) is 11.8. The molecule has 94 valence electrons. The maximum atomic E-state index is 4.38. The van der Waals surface area contributed by atoms with Gasteiger partial charge in [-0.2, -0.15) is 4.98 Å². The van der Waals surface area contributed by atoms with Crippen molar-refractivity contribution in [2.24, 2.45) is 5.41 Å². The van der Waals surface area contributed by atoms with Gasteiger partial charge in [-0.3, -0.25) is 5.32 Å². The largest absolute Gasteiger partial charge is 1.00 e. The topological polar surface area (TPSA) is 60.2 Å². The van der Waals surface area contributed by atoms with Gasteiger partial charge in [-0.25, -0.2) is 9.97 Å². The quantitative estimate of drug-likeness (QED) is 0.657. The zero-order valence-corrected chi connectivity index (χ0v) is 11.4. The fourth-order valence-electron chi connectivity index (χ4n) is 1.74. The molecule has 17 heavy (non-hydrogen) atoms. The Kier molecular flexibility index (Phi) is 4.06. The van der Waals surface area contributed by atoms with Crippen molar-refractivity contribution < 1.29 is 17.7 Å².